The molecule has 0 spiro atoms. The summed E-state index contributed by atoms with van der Waals surface area (Å²) in [5.41, 5.74) is 4.52. The van der Waals surface area contributed by atoms with Crippen molar-refractivity contribution in [1.82, 2.24) is 0 Å². The molecule has 2 aliphatic rings. The lowest BCUT2D eigenvalue weighted by Crippen LogP contribution is -2.06. The molecular formula is C19H21BrO. The molecule has 0 N–H and O–H groups in total. The minimum atomic E-state index is 0.437. The van der Waals surface area contributed by atoms with Crippen LogP contribution in [0.4, 0.5) is 0 Å². The highest BCUT2D eigenvalue weighted by atomic mass is 79.9. The van der Waals surface area contributed by atoms with Crippen molar-refractivity contribution in [2.45, 2.75) is 49.5 Å². The smallest absolute Gasteiger partial charge is 0.0576 e. The predicted octanol–water partition coefficient (Wildman–Crippen LogP) is 5.33. The Morgan fingerprint density at radius 2 is 2.00 bits per heavy atom. The number of rotatable bonds is 4. The van der Waals surface area contributed by atoms with Crippen molar-refractivity contribution >= 4 is 26.7 Å². The lowest BCUT2D eigenvalue weighted by Gasteiger charge is -2.16. The highest BCUT2D eigenvalue weighted by molar-refractivity contribution is 9.09. The normalized spacial score (nSPS) is 22.0. The molecule has 110 valence electrons. The van der Waals surface area contributed by atoms with E-state index in [4.69, 9.17) is 4.74 Å². The number of halogens is 1. The molecule has 0 aromatic heterocycles. The zero-order valence-corrected chi connectivity index (χ0v) is 13.9. The number of hydrogen-bond acceptors (Lipinski definition) is 1. The molecule has 0 saturated carbocycles. The molecule has 21 heavy (non-hydrogen) atoms. The Morgan fingerprint density at radius 1 is 1.14 bits per heavy atom. The molecule has 0 radical (unpaired) electrons. The highest BCUT2D eigenvalue weighted by Gasteiger charge is 2.21. The van der Waals surface area contributed by atoms with Crippen molar-refractivity contribution < 1.29 is 4.74 Å². The van der Waals surface area contributed by atoms with Crippen LogP contribution in [0, 0.1) is 0 Å². The van der Waals surface area contributed by atoms with Gasteiger partial charge >= 0.3 is 0 Å². The Bertz CT molecular complexity index is 648. The number of alkyl halides is 1. The van der Waals surface area contributed by atoms with Crippen molar-refractivity contribution in [2.75, 3.05) is 6.61 Å². The third kappa shape index (κ3) is 2.53. The zero-order valence-electron chi connectivity index (χ0n) is 12.3. The maximum absolute atomic E-state index is 5.75. The van der Waals surface area contributed by atoms with Crippen molar-refractivity contribution in [3.63, 3.8) is 0 Å². The Kier molecular flexibility index (Phi) is 3.76. The van der Waals surface area contributed by atoms with E-state index < -0.39 is 0 Å². The SMILES string of the molecule is BrC(CCC1CCCO1)c1ccc2c3c(cccc13)CC2. The molecular weight excluding hydrogens is 324 g/mol. The first-order valence-electron chi connectivity index (χ1n) is 8.12. The van der Waals surface area contributed by atoms with Crippen molar-refractivity contribution in [1.29, 1.82) is 0 Å². The second kappa shape index (κ2) is 5.73. The van der Waals surface area contributed by atoms with E-state index in [-0.39, 0.29) is 0 Å². The van der Waals surface area contributed by atoms with Gasteiger partial charge in [0.1, 0.15) is 0 Å². The van der Waals surface area contributed by atoms with E-state index in [0.29, 0.717) is 10.9 Å². The summed E-state index contributed by atoms with van der Waals surface area (Å²) in [6.45, 7) is 0.957. The summed E-state index contributed by atoms with van der Waals surface area (Å²) in [5, 5.41) is 2.98. The first kappa shape index (κ1) is 13.8. The molecule has 1 nitrogen and oxygen atoms in total. The van der Waals surface area contributed by atoms with Gasteiger partial charge in [-0.2, -0.15) is 0 Å². The van der Waals surface area contributed by atoms with Gasteiger partial charge in [-0.25, -0.2) is 0 Å². The average Bonchev–Trinajstić information content (AvgIpc) is 3.16. The lowest BCUT2D eigenvalue weighted by atomic mass is 9.96. The molecule has 2 aromatic carbocycles. The molecule has 1 fully saturated rings. The van der Waals surface area contributed by atoms with Crippen LogP contribution in [0.15, 0.2) is 30.3 Å². The van der Waals surface area contributed by atoms with E-state index in [1.54, 1.807) is 0 Å². The summed E-state index contributed by atoms with van der Waals surface area (Å²) in [4.78, 5) is 0.437. The van der Waals surface area contributed by atoms with Crippen LogP contribution < -0.4 is 0 Å². The van der Waals surface area contributed by atoms with Gasteiger partial charge in [0.15, 0.2) is 0 Å². The van der Waals surface area contributed by atoms with E-state index >= 15 is 0 Å². The molecule has 1 aliphatic carbocycles. The van der Waals surface area contributed by atoms with Gasteiger partial charge in [0.05, 0.1) is 6.10 Å². The summed E-state index contributed by atoms with van der Waals surface area (Å²) >= 11 is 3.93. The van der Waals surface area contributed by atoms with Crippen LogP contribution in [0.3, 0.4) is 0 Å². The molecule has 0 amide bonds. The summed E-state index contributed by atoms with van der Waals surface area (Å²) in [5.74, 6) is 0. The van der Waals surface area contributed by atoms with E-state index in [2.05, 4.69) is 46.3 Å². The number of ether oxygens (including phenoxy) is 1. The third-order valence-corrected chi connectivity index (χ3v) is 5.97. The summed E-state index contributed by atoms with van der Waals surface area (Å²) in [7, 11) is 0. The molecule has 2 aromatic rings. The molecule has 2 atom stereocenters. The standard InChI is InChI=1S/C19H21BrO/c20-18(11-9-15-4-2-12-21-15)16-10-8-14-7-6-13-3-1-5-17(16)19(13)14/h1,3,5,8,10,15,18H,2,4,6-7,9,11-12H2. The van der Waals surface area contributed by atoms with Gasteiger partial charge in [-0.15, -0.1) is 0 Å². The van der Waals surface area contributed by atoms with Gasteiger partial charge in [-0.05, 0) is 66.0 Å². The summed E-state index contributed by atoms with van der Waals surface area (Å²) < 4.78 is 5.75. The number of hydrogen-bond donors (Lipinski definition) is 0. The number of aryl methyl sites for hydroxylation is 2. The fraction of sp³-hybridized carbons (Fsp3) is 0.474. The Labute approximate surface area is 134 Å². The van der Waals surface area contributed by atoms with Gasteiger partial charge in [0, 0.05) is 11.4 Å². The van der Waals surface area contributed by atoms with E-state index in [0.717, 1.165) is 13.0 Å². The van der Waals surface area contributed by atoms with Gasteiger partial charge in [0.25, 0.3) is 0 Å². The first-order valence-corrected chi connectivity index (χ1v) is 9.03. The third-order valence-electron chi connectivity index (χ3n) is 5.01. The Morgan fingerprint density at radius 3 is 2.81 bits per heavy atom. The topological polar surface area (TPSA) is 9.23 Å². The predicted molar refractivity (Wildman–Crippen MR) is 91.2 cm³/mol. The quantitative estimate of drug-likeness (QED) is 0.680. The molecule has 1 heterocycles. The van der Waals surface area contributed by atoms with Crippen molar-refractivity contribution in [2.24, 2.45) is 0 Å². The lowest BCUT2D eigenvalue weighted by molar-refractivity contribution is 0.102. The Balaban J connectivity index is 1.61. The summed E-state index contributed by atoms with van der Waals surface area (Å²) in [6, 6.07) is 11.5. The fourth-order valence-electron chi connectivity index (χ4n) is 3.90. The van der Waals surface area contributed by atoms with Crippen LogP contribution in [-0.4, -0.2) is 12.7 Å². The van der Waals surface area contributed by atoms with Gasteiger partial charge in [0.2, 0.25) is 0 Å². The number of benzene rings is 2. The minimum Gasteiger partial charge on any atom is -0.378 e. The van der Waals surface area contributed by atoms with E-state index in [1.165, 1.54) is 59.6 Å². The average molecular weight is 345 g/mol. The van der Waals surface area contributed by atoms with Crippen LogP contribution in [-0.2, 0) is 17.6 Å². The minimum absolute atomic E-state index is 0.437. The van der Waals surface area contributed by atoms with Crippen molar-refractivity contribution in [3.05, 3.63) is 47.0 Å². The molecule has 1 saturated heterocycles. The second-order valence-electron chi connectivity index (χ2n) is 6.33. The van der Waals surface area contributed by atoms with Crippen LogP contribution in [0.2, 0.25) is 0 Å². The summed E-state index contributed by atoms with van der Waals surface area (Å²) in [6.07, 6.45) is 7.70. The van der Waals surface area contributed by atoms with Crippen molar-refractivity contribution in [3.8, 4) is 0 Å². The monoisotopic (exact) mass is 344 g/mol. The maximum atomic E-state index is 5.75. The molecule has 1 aliphatic heterocycles. The van der Waals surface area contributed by atoms with E-state index in [9.17, 15) is 0 Å². The van der Waals surface area contributed by atoms with Crippen LogP contribution in [0.5, 0.6) is 0 Å². The van der Waals surface area contributed by atoms with Gasteiger partial charge < -0.3 is 4.74 Å². The fourth-order valence-corrected chi connectivity index (χ4v) is 4.57. The van der Waals surface area contributed by atoms with E-state index in [1.807, 2.05) is 0 Å². The zero-order chi connectivity index (χ0) is 14.2. The molecule has 0 bridgehead atoms. The Hall–Kier alpha value is -0.860. The van der Waals surface area contributed by atoms with Crippen LogP contribution in [0.1, 0.15) is 47.2 Å². The largest absolute Gasteiger partial charge is 0.378 e. The second-order valence-corrected chi connectivity index (χ2v) is 7.44. The van der Waals surface area contributed by atoms with Crippen LogP contribution >= 0.6 is 15.9 Å². The molecule has 2 heteroatoms. The van der Waals surface area contributed by atoms with Crippen LogP contribution in [0.25, 0.3) is 10.8 Å². The van der Waals surface area contributed by atoms with Gasteiger partial charge in [-0.3, -0.25) is 0 Å². The molecule has 4 rings (SSSR count). The highest BCUT2D eigenvalue weighted by Crippen LogP contribution is 2.39. The van der Waals surface area contributed by atoms with Gasteiger partial charge in [-0.1, -0.05) is 46.3 Å². The molecule has 2 unspecified atom stereocenters. The maximum Gasteiger partial charge on any atom is 0.0576 e. The first-order chi connectivity index (χ1) is 10.3.